The number of hydrogen-bond donors (Lipinski definition) is 1. The van der Waals surface area contributed by atoms with E-state index >= 15 is 0 Å². The molecule has 7 nitrogen and oxygen atoms in total. The maximum atomic E-state index is 13.0. The molecule has 0 unspecified atom stereocenters. The number of carbonyl (C=O) groups is 1. The van der Waals surface area contributed by atoms with E-state index in [1.807, 2.05) is 18.2 Å². The summed E-state index contributed by atoms with van der Waals surface area (Å²) >= 11 is 6.19. The lowest BCUT2D eigenvalue weighted by atomic mass is 10.2. The minimum atomic E-state index is -3.74. The molecule has 0 bridgehead atoms. The maximum Gasteiger partial charge on any atom is 0.264 e. The molecule has 0 radical (unpaired) electrons. The Kier molecular flexibility index (Phi) is 6.43. The highest BCUT2D eigenvalue weighted by atomic mass is 35.5. The number of anilines is 1. The molecule has 0 saturated heterocycles. The molecule has 0 aliphatic carbocycles. The van der Waals surface area contributed by atoms with E-state index in [4.69, 9.17) is 21.1 Å². The third-order valence-electron chi connectivity index (χ3n) is 4.32. The Hall–Kier alpha value is -2.29. The normalized spacial score (nSPS) is 13.3. The summed E-state index contributed by atoms with van der Waals surface area (Å²) in [7, 11) is -2.20. The number of sulfonamides is 1. The molecule has 3 rings (SSSR count). The summed E-state index contributed by atoms with van der Waals surface area (Å²) in [4.78, 5) is 11.8. The van der Waals surface area contributed by atoms with Crippen LogP contribution in [0.4, 0.5) is 5.69 Å². The Morgan fingerprint density at radius 2 is 2.04 bits per heavy atom. The zero-order chi connectivity index (χ0) is 20.1. The average Bonchev–Trinajstić information content (AvgIpc) is 3.12. The van der Waals surface area contributed by atoms with Gasteiger partial charge in [-0.25, -0.2) is 8.42 Å². The molecule has 1 heterocycles. The van der Waals surface area contributed by atoms with Crippen LogP contribution in [0, 0.1) is 0 Å². The number of nitrogens with zero attached hydrogens (tertiary/aromatic N) is 1. The highest BCUT2D eigenvalue weighted by molar-refractivity contribution is 7.92. The number of benzene rings is 2. The Balaban J connectivity index is 1.71. The molecule has 28 heavy (non-hydrogen) atoms. The van der Waals surface area contributed by atoms with Crippen LogP contribution in [-0.4, -0.2) is 47.7 Å². The van der Waals surface area contributed by atoms with Crippen molar-refractivity contribution in [3.63, 3.8) is 0 Å². The number of methoxy groups -OCH3 is 1. The van der Waals surface area contributed by atoms with Crippen LogP contribution in [0.2, 0.25) is 5.02 Å². The summed E-state index contributed by atoms with van der Waals surface area (Å²) < 4.78 is 37.7. The topological polar surface area (TPSA) is 84.9 Å². The van der Waals surface area contributed by atoms with Gasteiger partial charge in [-0.3, -0.25) is 9.10 Å². The van der Waals surface area contributed by atoms with Crippen LogP contribution in [0.25, 0.3) is 0 Å². The first kappa shape index (κ1) is 20.4. The minimum Gasteiger partial charge on any atom is -0.482 e. The Morgan fingerprint density at radius 3 is 2.79 bits per heavy atom. The number of hydrogen-bond acceptors (Lipinski definition) is 5. The third kappa shape index (κ3) is 4.40. The molecule has 2 aromatic carbocycles. The summed E-state index contributed by atoms with van der Waals surface area (Å²) in [5.41, 5.74) is 1.68. The smallest absolute Gasteiger partial charge is 0.264 e. The second-order valence-corrected chi connectivity index (χ2v) is 8.45. The molecule has 150 valence electrons. The fourth-order valence-electron chi connectivity index (χ4n) is 2.93. The quantitative estimate of drug-likeness (QED) is 0.657. The van der Waals surface area contributed by atoms with E-state index in [2.05, 4.69) is 5.32 Å². The van der Waals surface area contributed by atoms with Gasteiger partial charge in [0.25, 0.3) is 15.9 Å². The van der Waals surface area contributed by atoms with Gasteiger partial charge >= 0.3 is 0 Å². The van der Waals surface area contributed by atoms with E-state index in [1.54, 1.807) is 13.2 Å². The zero-order valence-electron chi connectivity index (χ0n) is 15.4. The summed E-state index contributed by atoms with van der Waals surface area (Å²) in [5.74, 6) is -0.0807. The van der Waals surface area contributed by atoms with Crippen molar-refractivity contribution >= 4 is 33.2 Å². The first-order chi connectivity index (χ1) is 13.4. The lowest BCUT2D eigenvalue weighted by Crippen LogP contribution is -2.31. The molecule has 0 saturated carbocycles. The van der Waals surface area contributed by atoms with Gasteiger partial charge in [-0.15, -0.1) is 0 Å². The molecular weight excluding hydrogens is 404 g/mol. The second-order valence-electron chi connectivity index (χ2n) is 6.18. The number of nitrogens with one attached hydrogen (secondary N) is 1. The van der Waals surface area contributed by atoms with Gasteiger partial charge in [0.15, 0.2) is 6.61 Å². The maximum absolute atomic E-state index is 13.0. The highest BCUT2D eigenvalue weighted by Gasteiger charge is 2.31. The van der Waals surface area contributed by atoms with Gasteiger partial charge < -0.3 is 14.8 Å². The van der Waals surface area contributed by atoms with Crippen molar-refractivity contribution in [3.8, 4) is 5.75 Å². The van der Waals surface area contributed by atoms with Crippen molar-refractivity contribution < 1.29 is 22.7 Å². The summed E-state index contributed by atoms with van der Waals surface area (Å²) in [6.45, 7) is 0.938. The van der Waals surface area contributed by atoms with Crippen molar-refractivity contribution in [2.24, 2.45) is 0 Å². The largest absolute Gasteiger partial charge is 0.482 e. The number of amides is 1. The predicted molar refractivity (Wildman–Crippen MR) is 107 cm³/mol. The van der Waals surface area contributed by atoms with E-state index in [-0.39, 0.29) is 28.2 Å². The molecule has 1 amide bonds. The van der Waals surface area contributed by atoms with Crippen LogP contribution < -0.4 is 14.4 Å². The number of rotatable bonds is 8. The van der Waals surface area contributed by atoms with E-state index in [0.717, 1.165) is 5.56 Å². The SMILES string of the molecule is COCCNC(=O)COc1ccc(S(=O)(=O)N2CCc3ccccc32)cc1Cl. The Labute approximate surface area is 169 Å². The van der Waals surface area contributed by atoms with Crippen LogP contribution in [0.3, 0.4) is 0 Å². The van der Waals surface area contributed by atoms with Crippen molar-refractivity contribution in [1.29, 1.82) is 0 Å². The van der Waals surface area contributed by atoms with Gasteiger partial charge in [-0.2, -0.15) is 0 Å². The monoisotopic (exact) mass is 424 g/mol. The van der Waals surface area contributed by atoms with Crippen LogP contribution in [0.15, 0.2) is 47.4 Å². The van der Waals surface area contributed by atoms with Gasteiger partial charge in [-0.1, -0.05) is 29.8 Å². The fourth-order valence-corrected chi connectivity index (χ4v) is 4.76. The van der Waals surface area contributed by atoms with Crippen molar-refractivity contribution in [1.82, 2.24) is 5.32 Å². The number of halogens is 1. The average molecular weight is 425 g/mol. The van der Waals surface area contributed by atoms with Crippen LogP contribution in [0.1, 0.15) is 5.56 Å². The summed E-state index contributed by atoms with van der Waals surface area (Å²) in [6, 6.07) is 11.7. The number of ether oxygens (including phenoxy) is 2. The predicted octanol–water partition coefficient (Wildman–Crippen LogP) is 2.23. The lowest BCUT2D eigenvalue weighted by Gasteiger charge is -2.20. The number of para-hydroxylation sites is 1. The molecule has 2 aromatic rings. The molecule has 0 fully saturated rings. The number of carbonyl (C=O) groups excluding carboxylic acids is 1. The molecule has 0 atom stereocenters. The zero-order valence-corrected chi connectivity index (χ0v) is 16.9. The van der Waals surface area contributed by atoms with Gasteiger partial charge in [0.05, 0.1) is 22.2 Å². The first-order valence-electron chi connectivity index (χ1n) is 8.72. The fraction of sp³-hybridized carbons (Fsp3) is 0.316. The Bertz CT molecular complexity index is 965. The van der Waals surface area contributed by atoms with E-state index < -0.39 is 10.0 Å². The van der Waals surface area contributed by atoms with Crippen LogP contribution in [0.5, 0.6) is 5.75 Å². The van der Waals surface area contributed by atoms with Crippen LogP contribution in [-0.2, 0) is 26.0 Å². The van der Waals surface area contributed by atoms with Gasteiger partial charge in [0, 0.05) is 20.2 Å². The molecule has 9 heteroatoms. The molecule has 0 aromatic heterocycles. The highest BCUT2D eigenvalue weighted by Crippen LogP contribution is 2.34. The standard InChI is InChI=1S/C19H21ClN2O5S/c1-26-11-9-21-19(23)13-27-18-7-6-15(12-16(18)20)28(24,25)22-10-8-14-4-2-3-5-17(14)22/h2-7,12H,8-11,13H2,1H3,(H,21,23). The minimum absolute atomic E-state index is 0.0751. The number of fused-ring (bicyclic) bond motifs is 1. The molecule has 1 N–H and O–H groups in total. The second kappa shape index (κ2) is 8.81. The molecule has 1 aliphatic rings. The van der Waals surface area contributed by atoms with Crippen molar-refractivity contribution in [2.45, 2.75) is 11.3 Å². The van der Waals surface area contributed by atoms with Crippen LogP contribution >= 0.6 is 11.6 Å². The Morgan fingerprint density at radius 1 is 1.25 bits per heavy atom. The lowest BCUT2D eigenvalue weighted by molar-refractivity contribution is -0.123. The molecule has 0 spiro atoms. The van der Waals surface area contributed by atoms with Gasteiger partial charge in [0.1, 0.15) is 5.75 Å². The van der Waals surface area contributed by atoms with E-state index in [0.29, 0.717) is 31.8 Å². The van der Waals surface area contributed by atoms with Gasteiger partial charge in [0.2, 0.25) is 0 Å². The van der Waals surface area contributed by atoms with Gasteiger partial charge in [-0.05, 0) is 36.2 Å². The van der Waals surface area contributed by atoms with Crippen molar-refractivity contribution in [2.75, 3.05) is 37.7 Å². The molecular formula is C19H21ClN2O5S. The van der Waals surface area contributed by atoms with E-state index in [9.17, 15) is 13.2 Å². The van der Waals surface area contributed by atoms with E-state index in [1.165, 1.54) is 22.5 Å². The first-order valence-corrected chi connectivity index (χ1v) is 10.5. The molecule has 1 aliphatic heterocycles. The summed E-state index contributed by atoms with van der Waals surface area (Å²) in [5, 5.41) is 2.74. The third-order valence-corrected chi connectivity index (χ3v) is 6.43. The van der Waals surface area contributed by atoms with Crippen molar-refractivity contribution in [3.05, 3.63) is 53.1 Å². The summed E-state index contributed by atoms with van der Waals surface area (Å²) in [6.07, 6.45) is 0.669.